The molecule has 82 valence electrons. The molecular formula is C11H17N3O. The van der Waals surface area contributed by atoms with Crippen LogP contribution in [0, 0.1) is 12.3 Å². The lowest BCUT2D eigenvalue weighted by molar-refractivity contribution is 0.297. The molecule has 1 rings (SSSR count). The number of rotatable bonds is 5. The highest BCUT2D eigenvalue weighted by atomic mass is 16.5. The Bertz CT molecular complexity index is 350. The second kappa shape index (κ2) is 5.34. The van der Waals surface area contributed by atoms with Crippen LogP contribution in [0.15, 0.2) is 12.3 Å². The third-order valence-electron chi connectivity index (χ3n) is 2.13. The van der Waals surface area contributed by atoms with Crippen LogP contribution in [-0.4, -0.2) is 17.4 Å². The Morgan fingerprint density at radius 1 is 1.60 bits per heavy atom. The quantitative estimate of drug-likeness (QED) is 0.439. The van der Waals surface area contributed by atoms with Crippen LogP contribution < -0.4 is 10.5 Å². The number of pyridine rings is 1. The minimum atomic E-state index is 0.00657. The highest BCUT2D eigenvalue weighted by Crippen LogP contribution is 2.18. The van der Waals surface area contributed by atoms with Crippen LogP contribution in [0.4, 0.5) is 0 Å². The summed E-state index contributed by atoms with van der Waals surface area (Å²) in [6.45, 7) is 4.61. The lowest BCUT2D eigenvalue weighted by Crippen LogP contribution is -2.16. The van der Waals surface area contributed by atoms with E-state index < -0.39 is 0 Å². The molecule has 0 aliphatic rings. The molecule has 1 heterocycles. The number of aromatic nitrogens is 1. The van der Waals surface area contributed by atoms with Gasteiger partial charge in [-0.3, -0.25) is 5.41 Å². The Morgan fingerprint density at radius 2 is 2.33 bits per heavy atom. The summed E-state index contributed by atoms with van der Waals surface area (Å²) in [6.07, 6.45) is 3.72. The third kappa shape index (κ3) is 2.94. The molecule has 0 spiro atoms. The topological polar surface area (TPSA) is 72.0 Å². The van der Waals surface area contributed by atoms with Crippen molar-refractivity contribution in [2.24, 2.45) is 5.73 Å². The summed E-state index contributed by atoms with van der Waals surface area (Å²) in [7, 11) is 0. The van der Waals surface area contributed by atoms with Gasteiger partial charge in [0.1, 0.15) is 5.84 Å². The number of nitrogens with zero attached hydrogens (tertiary/aromatic N) is 1. The molecule has 0 saturated carbocycles. The maximum Gasteiger partial charge on any atom is 0.224 e. The van der Waals surface area contributed by atoms with E-state index in [0.717, 1.165) is 18.4 Å². The SMILES string of the molecule is CCCCOc1nccc(C)c1C(=N)N. The van der Waals surface area contributed by atoms with Gasteiger partial charge in [-0.15, -0.1) is 0 Å². The first-order chi connectivity index (χ1) is 7.16. The van der Waals surface area contributed by atoms with Gasteiger partial charge in [0.15, 0.2) is 0 Å². The molecule has 0 aliphatic heterocycles. The van der Waals surface area contributed by atoms with Crippen molar-refractivity contribution >= 4 is 5.84 Å². The maximum atomic E-state index is 7.46. The summed E-state index contributed by atoms with van der Waals surface area (Å²) >= 11 is 0. The van der Waals surface area contributed by atoms with Gasteiger partial charge in [-0.2, -0.15) is 0 Å². The third-order valence-corrected chi connectivity index (χ3v) is 2.13. The molecule has 1 aromatic rings. The monoisotopic (exact) mass is 207 g/mol. The summed E-state index contributed by atoms with van der Waals surface area (Å²) in [6, 6.07) is 1.82. The molecule has 0 bridgehead atoms. The zero-order chi connectivity index (χ0) is 11.3. The van der Waals surface area contributed by atoms with Crippen LogP contribution in [-0.2, 0) is 0 Å². The minimum absolute atomic E-state index is 0.00657. The lowest BCUT2D eigenvalue weighted by atomic mass is 10.1. The molecule has 4 nitrogen and oxygen atoms in total. The van der Waals surface area contributed by atoms with Crippen LogP contribution in [0.3, 0.4) is 0 Å². The van der Waals surface area contributed by atoms with Gasteiger partial charge in [0.2, 0.25) is 5.88 Å². The summed E-state index contributed by atoms with van der Waals surface area (Å²) in [5.41, 5.74) is 7.01. The summed E-state index contributed by atoms with van der Waals surface area (Å²) in [5.74, 6) is 0.475. The number of hydrogen-bond donors (Lipinski definition) is 2. The highest BCUT2D eigenvalue weighted by molar-refractivity contribution is 5.98. The molecule has 0 atom stereocenters. The smallest absolute Gasteiger partial charge is 0.224 e. The number of nitrogen functional groups attached to an aromatic ring is 1. The van der Waals surface area contributed by atoms with E-state index in [-0.39, 0.29) is 5.84 Å². The van der Waals surface area contributed by atoms with Gasteiger partial charge in [-0.1, -0.05) is 13.3 Å². The molecule has 0 aromatic carbocycles. The fourth-order valence-corrected chi connectivity index (χ4v) is 1.28. The maximum absolute atomic E-state index is 7.46. The van der Waals surface area contributed by atoms with Gasteiger partial charge in [0, 0.05) is 6.20 Å². The van der Waals surface area contributed by atoms with E-state index in [1.165, 1.54) is 0 Å². The lowest BCUT2D eigenvalue weighted by Gasteiger charge is -2.10. The van der Waals surface area contributed by atoms with E-state index in [9.17, 15) is 0 Å². The largest absolute Gasteiger partial charge is 0.477 e. The van der Waals surface area contributed by atoms with Gasteiger partial charge in [-0.25, -0.2) is 4.98 Å². The van der Waals surface area contributed by atoms with Crippen molar-refractivity contribution in [3.05, 3.63) is 23.4 Å². The van der Waals surface area contributed by atoms with Crippen LogP contribution >= 0.6 is 0 Å². The number of ether oxygens (including phenoxy) is 1. The molecule has 15 heavy (non-hydrogen) atoms. The standard InChI is InChI=1S/C11H17N3O/c1-3-4-7-15-11-9(10(12)13)8(2)5-6-14-11/h5-6H,3-4,7H2,1-2H3,(H3,12,13). The molecule has 0 fully saturated rings. The van der Waals surface area contributed by atoms with E-state index >= 15 is 0 Å². The Balaban J connectivity index is 2.86. The normalized spacial score (nSPS) is 10.0. The number of aryl methyl sites for hydroxylation is 1. The van der Waals surface area contributed by atoms with E-state index in [1.54, 1.807) is 6.20 Å². The predicted octanol–water partition coefficient (Wildman–Crippen LogP) is 1.85. The average molecular weight is 207 g/mol. The number of amidine groups is 1. The summed E-state index contributed by atoms with van der Waals surface area (Å²) < 4.78 is 5.49. The second-order valence-electron chi connectivity index (χ2n) is 3.42. The Kier molecular flexibility index (Phi) is 4.09. The van der Waals surface area contributed by atoms with E-state index in [4.69, 9.17) is 15.9 Å². The van der Waals surface area contributed by atoms with E-state index in [2.05, 4.69) is 11.9 Å². The molecule has 3 N–H and O–H groups in total. The van der Waals surface area contributed by atoms with Crippen molar-refractivity contribution < 1.29 is 4.74 Å². The van der Waals surface area contributed by atoms with Crippen molar-refractivity contribution in [2.75, 3.05) is 6.61 Å². The van der Waals surface area contributed by atoms with E-state index in [1.807, 2.05) is 13.0 Å². The van der Waals surface area contributed by atoms with Crippen LogP contribution in [0.2, 0.25) is 0 Å². The van der Waals surface area contributed by atoms with Gasteiger partial charge < -0.3 is 10.5 Å². The van der Waals surface area contributed by atoms with Crippen LogP contribution in [0.25, 0.3) is 0 Å². The Hall–Kier alpha value is -1.58. The molecule has 0 radical (unpaired) electrons. The number of hydrogen-bond acceptors (Lipinski definition) is 3. The van der Waals surface area contributed by atoms with Crippen molar-refractivity contribution in [2.45, 2.75) is 26.7 Å². The van der Waals surface area contributed by atoms with Crippen molar-refractivity contribution in [1.29, 1.82) is 5.41 Å². The fourth-order valence-electron chi connectivity index (χ4n) is 1.28. The first kappa shape index (κ1) is 11.5. The molecule has 0 saturated heterocycles. The fraction of sp³-hybridized carbons (Fsp3) is 0.455. The first-order valence-corrected chi connectivity index (χ1v) is 5.09. The Morgan fingerprint density at radius 3 is 2.93 bits per heavy atom. The second-order valence-corrected chi connectivity index (χ2v) is 3.42. The van der Waals surface area contributed by atoms with Crippen molar-refractivity contribution in [3.8, 4) is 5.88 Å². The van der Waals surface area contributed by atoms with E-state index in [0.29, 0.717) is 18.1 Å². The van der Waals surface area contributed by atoms with Gasteiger partial charge in [0.25, 0.3) is 0 Å². The number of unbranched alkanes of at least 4 members (excludes halogenated alkanes) is 1. The predicted molar refractivity (Wildman–Crippen MR) is 60.4 cm³/mol. The zero-order valence-corrected chi connectivity index (χ0v) is 9.21. The van der Waals surface area contributed by atoms with Gasteiger partial charge >= 0.3 is 0 Å². The molecule has 1 aromatic heterocycles. The van der Waals surface area contributed by atoms with Crippen LogP contribution in [0.1, 0.15) is 30.9 Å². The molecular weight excluding hydrogens is 190 g/mol. The zero-order valence-electron chi connectivity index (χ0n) is 9.21. The number of nitrogens with two attached hydrogens (primary N) is 1. The van der Waals surface area contributed by atoms with Crippen molar-refractivity contribution in [1.82, 2.24) is 4.98 Å². The average Bonchev–Trinajstić information content (AvgIpc) is 2.17. The highest BCUT2D eigenvalue weighted by Gasteiger charge is 2.10. The Labute approximate surface area is 90.0 Å². The summed E-state index contributed by atoms with van der Waals surface area (Å²) in [5, 5.41) is 7.46. The minimum Gasteiger partial charge on any atom is -0.477 e. The van der Waals surface area contributed by atoms with Gasteiger partial charge in [-0.05, 0) is 25.0 Å². The van der Waals surface area contributed by atoms with Crippen LogP contribution in [0.5, 0.6) is 5.88 Å². The van der Waals surface area contributed by atoms with Crippen molar-refractivity contribution in [3.63, 3.8) is 0 Å². The molecule has 0 unspecified atom stereocenters. The molecule has 4 heteroatoms. The summed E-state index contributed by atoms with van der Waals surface area (Å²) in [4.78, 5) is 4.09. The molecule has 0 aliphatic carbocycles. The first-order valence-electron chi connectivity index (χ1n) is 5.09. The number of nitrogens with one attached hydrogen (secondary N) is 1. The van der Waals surface area contributed by atoms with Gasteiger partial charge in [0.05, 0.1) is 12.2 Å². The molecule has 0 amide bonds.